The summed E-state index contributed by atoms with van der Waals surface area (Å²) in [5.41, 5.74) is 1.62. The average Bonchev–Trinajstić information content (AvgIpc) is 2.17. The quantitative estimate of drug-likeness (QED) is 0.729. The molecule has 90 valence electrons. The molecule has 1 atom stereocenters. The second-order valence-corrected chi connectivity index (χ2v) is 14.7. The highest BCUT2D eigenvalue weighted by atomic mass is 28.5. The Morgan fingerprint density at radius 2 is 1.53 bits per heavy atom. The summed E-state index contributed by atoms with van der Waals surface area (Å²) in [6, 6.07) is 0. The smallest absolute Gasteiger partial charge is 0.325 e. The molecule has 0 aliphatic carbocycles. The minimum Gasteiger partial charge on any atom is -0.422 e. The van der Waals surface area contributed by atoms with Gasteiger partial charge < -0.3 is 12.3 Å². The molecular formula is C9H24O3Si3. The third-order valence-corrected chi connectivity index (χ3v) is 13.8. The Labute approximate surface area is 98.7 Å². The molecule has 6 heteroatoms. The van der Waals surface area contributed by atoms with Crippen molar-refractivity contribution in [2.24, 2.45) is 0 Å². The second kappa shape index (κ2) is 5.24. The van der Waals surface area contributed by atoms with Crippen LogP contribution >= 0.6 is 0 Å². The fourth-order valence-corrected chi connectivity index (χ4v) is 16.2. The highest BCUT2D eigenvalue weighted by Gasteiger charge is 2.49. The van der Waals surface area contributed by atoms with E-state index in [1.165, 1.54) is 0 Å². The van der Waals surface area contributed by atoms with Gasteiger partial charge in [-0.25, -0.2) is 0 Å². The fraction of sp³-hybridized carbons (Fsp3) is 1.00. The van der Waals surface area contributed by atoms with Crippen molar-refractivity contribution in [1.82, 2.24) is 0 Å². The predicted molar refractivity (Wildman–Crippen MR) is 70.0 cm³/mol. The van der Waals surface area contributed by atoms with Crippen molar-refractivity contribution in [3.63, 3.8) is 0 Å². The highest BCUT2D eigenvalue weighted by Crippen LogP contribution is 2.37. The van der Waals surface area contributed by atoms with Crippen LogP contribution in [0.4, 0.5) is 0 Å². The Morgan fingerprint density at radius 1 is 1.00 bits per heavy atom. The largest absolute Gasteiger partial charge is 0.422 e. The minimum absolute atomic E-state index is 0.530. The normalized spacial score (nSPS) is 28.2. The van der Waals surface area contributed by atoms with Crippen molar-refractivity contribution in [3.05, 3.63) is 0 Å². The van der Waals surface area contributed by atoms with Crippen molar-refractivity contribution in [2.45, 2.75) is 58.2 Å². The Bertz CT molecular complexity index is 201. The van der Waals surface area contributed by atoms with Crippen LogP contribution in [0.25, 0.3) is 0 Å². The van der Waals surface area contributed by atoms with Gasteiger partial charge in [0.05, 0.1) is 0 Å². The molecule has 0 radical (unpaired) electrons. The Kier molecular flexibility index (Phi) is 4.75. The van der Waals surface area contributed by atoms with E-state index in [1.807, 2.05) is 0 Å². The Balaban J connectivity index is 2.80. The maximum Gasteiger partial charge on any atom is 0.325 e. The zero-order chi connectivity index (χ0) is 11.6. The van der Waals surface area contributed by atoms with Crippen LogP contribution in [0.2, 0.25) is 16.6 Å². The molecule has 0 aromatic rings. The summed E-state index contributed by atoms with van der Waals surface area (Å²) in [4.78, 5) is 0. The first-order chi connectivity index (χ1) is 6.90. The second-order valence-electron chi connectivity index (χ2n) is 5.19. The van der Waals surface area contributed by atoms with Gasteiger partial charge in [0.25, 0.3) is 10.0 Å². The SMILES string of the molecule is CC(C)[SiH]1O[SiH2]O[Si](C(C)C)(C(C)C)O1. The summed E-state index contributed by atoms with van der Waals surface area (Å²) in [6.45, 7) is 13.3. The monoisotopic (exact) mass is 264 g/mol. The van der Waals surface area contributed by atoms with Crippen LogP contribution in [0.3, 0.4) is 0 Å². The van der Waals surface area contributed by atoms with Gasteiger partial charge in [0.15, 0.2) is 0 Å². The van der Waals surface area contributed by atoms with Crippen LogP contribution in [0, 0.1) is 0 Å². The van der Waals surface area contributed by atoms with Crippen LogP contribution in [0.15, 0.2) is 0 Å². The van der Waals surface area contributed by atoms with E-state index in [0.29, 0.717) is 16.6 Å². The van der Waals surface area contributed by atoms with E-state index >= 15 is 0 Å². The first kappa shape index (κ1) is 13.6. The van der Waals surface area contributed by atoms with Crippen LogP contribution in [-0.2, 0) is 12.3 Å². The van der Waals surface area contributed by atoms with Crippen molar-refractivity contribution in [3.8, 4) is 0 Å². The molecule has 0 bridgehead atoms. The van der Waals surface area contributed by atoms with Crippen molar-refractivity contribution in [1.29, 1.82) is 0 Å². The van der Waals surface area contributed by atoms with Gasteiger partial charge in [0.1, 0.15) is 0 Å². The maximum absolute atomic E-state index is 6.33. The van der Waals surface area contributed by atoms with Gasteiger partial charge in [-0.3, -0.25) is 0 Å². The molecule has 15 heavy (non-hydrogen) atoms. The zero-order valence-corrected chi connectivity index (χ0v) is 14.3. The third kappa shape index (κ3) is 2.80. The van der Waals surface area contributed by atoms with Gasteiger partial charge in [-0.05, 0) is 16.6 Å². The molecule has 0 aromatic carbocycles. The third-order valence-electron chi connectivity index (χ3n) is 2.97. The molecule has 1 aliphatic heterocycles. The maximum atomic E-state index is 6.33. The molecule has 1 aliphatic rings. The standard InChI is InChI=1S/C9H24O3Si3/c1-7(2)14-10-13-11-15(12-14,8(3)4)9(5)6/h7-9,14H,13H2,1-6H3. The Hall–Kier alpha value is 0.531. The molecule has 0 amide bonds. The average molecular weight is 265 g/mol. The van der Waals surface area contributed by atoms with Crippen molar-refractivity contribution >= 4 is 27.9 Å². The van der Waals surface area contributed by atoms with E-state index in [-0.39, 0.29) is 0 Å². The molecule has 1 fully saturated rings. The Morgan fingerprint density at radius 3 is 1.93 bits per heavy atom. The molecule has 1 rings (SSSR count). The lowest BCUT2D eigenvalue weighted by Crippen LogP contribution is -2.58. The van der Waals surface area contributed by atoms with E-state index in [1.54, 1.807) is 0 Å². The van der Waals surface area contributed by atoms with Crippen LogP contribution in [0.1, 0.15) is 41.5 Å². The van der Waals surface area contributed by atoms with E-state index in [9.17, 15) is 0 Å². The molecule has 1 saturated heterocycles. The molecule has 0 spiro atoms. The molecule has 1 heterocycles. The van der Waals surface area contributed by atoms with Crippen molar-refractivity contribution in [2.75, 3.05) is 0 Å². The summed E-state index contributed by atoms with van der Waals surface area (Å²) in [5.74, 6) is 0. The lowest BCUT2D eigenvalue weighted by Gasteiger charge is -2.45. The molecule has 1 unspecified atom stereocenters. The lowest BCUT2D eigenvalue weighted by molar-refractivity contribution is 0.251. The van der Waals surface area contributed by atoms with Crippen LogP contribution < -0.4 is 0 Å². The topological polar surface area (TPSA) is 27.7 Å². The van der Waals surface area contributed by atoms with Gasteiger partial charge in [0.2, 0.25) is 0 Å². The summed E-state index contributed by atoms with van der Waals surface area (Å²) >= 11 is 0. The van der Waals surface area contributed by atoms with Gasteiger partial charge in [0, 0.05) is 0 Å². The lowest BCUT2D eigenvalue weighted by atomic mass is 10.5. The van der Waals surface area contributed by atoms with E-state index in [0.717, 1.165) is 0 Å². The van der Waals surface area contributed by atoms with Gasteiger partial charge >= 0.3 is 17.8 Å². The number of hydrogen-bond acceptors (Lipinski definition) is 3. The van der Waals surface area contributed by atoms with E-state index in [2.05, 4.69) is 41.5 Å². The molecular weight excluding hydrogens is 240 g/mol. The zero-order valence-electron chi connectivity index (χ0n) is 10.7. The van der Waals surface area contributed by atoms with E-state index in [4.69, 9.17) is 12.3 Å². The van der Waals surface area contributed by atoms with Crippen molar-refractivity contribution < 1.29 is 12.3 Å². The van der Waals surface area contributed by atoms with Crippen LogP contribution in [-0.4, -0.2) is 27.9 Å². The number of hydrogen-bond donors (Lipinski definition) is 0. The molecule has 3 nitrogen and oxygen atoms in total. The molecule has 0 N–H and O–H groups in total. The van der Waals surface area contributed by atoms with Gasteiger partial charge in [-0.1, -0.05) is 41.5 Å². The first-order valence-corrected chi connectivity index (χ1v) is 10.6. The molecule has 0 aromatic heterocycles. The van der Waals surface area contributed by atoms with Gasteiger partial charge in [-0.2, -0.15) is 0 Å². The summed E-state index contributed by atoms with van der Waals surface area (Å²) in [6.07, 6.45) is 0. The first-order valence-electron chi connectivity index (χ1n) is 5.83. The fourth-order valence-electron chi connectivity index (χ4n) is 2.04. The summed E-state index contributed by atoms with van der Waals surface area (Å²) in [7, 11) is -4.18. The number of rotatable bonds is 3. The molecule has 0 saturated carbocycles. The highest BCUT2D eigenvalue weighted by molar-refractivity contribution is 6.82. The van der Waals surface area contributed by atoms with Crippen LogP contribution in [0.5, 0.6) is 0 Å². The summed E-state index contributed by atoms with van der Waals surface area (Å²) in [5, 5.41) is 0. The summed E-state index contributed by atoms with van der Waals surface area (Å²) < 4.78 is 18.1. The predicted octanol–water partition coefficient (Wildman–Crippen LogP) is 1.94. The van der Waals surface area contributed by atoms with Gasteiger partial charge in [-0.15, -0.1) is 0 Å². The minimum atomic E-state index is -1.96. The van der Waals surface area contributed by atoms with E-state index < -0.39 is 27.9 Å².